The number of hydrogen-bond acceptors (Lipinski definition) is 1. The van der Waals surface area contributed by atoms with Crippen LogP contribution in [0.4, 0.5) is 0 Å². The summed E-state index contributed by atoms with van der Waals surface area (Å²) in [6, 6.07) is 0. The first-order chi connectivity index (χ1) is 4.34. The zero-order valence-electron chi connectivity index (χ0n) is 6.18. The summed E-state index contributed by atoms with van der Waals surface area (Å²) in [5, 5.41) is 2.31. The van der Waals surface area contributed by atoms with Gasteiger partial charge >= 0.3 is 0 Å². The average molecular weight is 140 g/mol. The molecule has 1 rings (SSSR count). The van der Waals surface area contributed by atoms with Gasteiger partial charge in [0.2, 0.25) is 5.99 Å². The predicted octanol–water partition coefficient (Wildman–Crippen LogP) is 2.97. The second-order valence-electron chi connectivity index (χ2n) is 2.57. The lowest BCUT2D eigenvalue weighted by Gasteiger charge is -2.19. The van der Waals surface area contributed by atoms with Crippen LogP contribution in [0.1, 0.15) is 26.2 Å². The van der Waals surface area contributed by atoms with Gasteiger partial charge in [-0.2, -0.15) is 11.6 Å². The van der Waals surface area contributed by atoms with E-state index < -0.39 is 0 Å². The van der Waals surface area contributed by atoms with Gasteiger partial charge in [0, 0.05) is 0 Å². The van der Waals surface area contributed by atoms with Crippen LogP contribution in [0.15, 0.2) is 10.9 Å². The van der Waals surface area contributed by atoms with Gasteiger partial charge in [-0.1, -0.05) is 32.1 Å². The normalized spacial score (nSPS) is 17.1. The van der Waals surface area contributed by atoms with Crippen LogP contribution in [0, 0.1) is 0 Å². The van der Waals surface area contributed by atoms with Gasteiger partial charge in [0.1, 0.15) is 0 Å². The Kier molecular flexibility index (Phi) is 2.71. The Bertz CT molecular complexity index is 120. The fraction of sp³-hybridized carbons (Fsp3) is 0.714. The highest BCUT2D eigenvalue weighted by molar-refractivity contribution is 8.30. The van der Waals surface area contributed by atoms with E-state index in [1.165, 1.54) is 19.3 Å². The molecule has 0 aromatic carbocycles. The van der Waals surface area contributed by atoms with E-state index in [1.54, 1.807) is 5.47 Å². The summed E-state index contributed by atoms with van der Waals surface area (Å²) < 4.78 is 0. The summed E-state index contributed by atoms with van der Waals surface area (Å²) in [5.41, 5.74) is 1.67. The lowest BCUT2D eigenvalue weighted by molar-refractivity contribution is 0.806. The van der Waals surface area contributed by atoms with Crippen molar-refractivity contribution in [3.63, 3.8) is 0 Å². The highest BCUT2D eigenvalue weighted by Crippen LogP contribution is 2.31. The van der Waals surface area contributed by atoms with Crippen molar-refractivity contribution in [1.82, 2.24) is 0 Å². The number of allylic oxidation sites excluding steroid dienone is 1. The maximum atomic E-state index is 2.31. The third-order valence-corrected chi connectivity index (χ3v) is 2.91. The van der Waals surface area contributed by atoms with E-state index in [0.717, 1.165) is 5.99 Å². The molecule has 0 amide bonds. The molecule has 0 saturated carbocycles. The standard InChI is InChI=1S/C7H13BS/c1-3-4-5-7-6-9-8(7)2/h6H,3-5H2,1-2H3. The molecule has 0 radical (unpaired) electrons. The molecule has 0 saturated heterocycles. The van der Waals surface area contributed by atoms with Crippen LogP contribution in [0.25, 0.3) is 0 Å². The molecule has 1 heterocycles. The third kappa shape index (κ3) is 1.79. The van der Waals surface area contributed by atoms with Crippen LogP contribution in [-0.4, -0.2) is 5.99 Å². The minimum Gasteiger partial charge on any atom is -0.179 e. The van der Waals surface area contributed by atoms with Gasteiger partial charge in [-0.05, 0) is 11.8 Å². The van der Waals surface area contributed by atoms with E-state index in [0.29, 0.717) is 0 Å². The molecule has 2 heteroatoms. The summed E-state index contributed by atoms with van der Waals surface area (Å²) >= 11 is 1.96. The number of hydrogen-bond donors (Lipinski definition) is 0. The largest absolute Gasteiger partial charge is 0.240 e. The first-order valence-electron chi connectivity index (χ1n) is 3.69. The molecule has 0 atom stereocenters. The van der Waals surface area contributed by atoms with Crippen molar-refractivity contribution in [2.75, 3.05) is 0 Å². The van der Waals surface area contributed by atoms with Gasteiger partial charge < -0.3 is 0 Å². The molecular formula is C7H13BS. The van der Waals surface area contributed by atoms with E-state index in [9.17, 15) is 0 Å². The van der Waals surface area contributed by atoms with E-state index in [2.05, 4.69) is 19.2 Å². The van der Waals surface area contributed by atoms with Crippen molar-refractivity contribution < 1.29 is 0 Å². The van der Waals surface area contributed by atoms with Crippen LogP contribution in [-0.2, 0) is 0 Å². The van der Waals surface area contributed by atoms with Crippen LogP contribution < -0.4 is 0 Å². The fourth-order valence-corrected chi connectivity index (χ4v) is 1.78. The summed E-state index contributed by atoms with van der Waals surface area (Å²) in [4.78, 5) is 0. The molecule has 50 valence electrons. The maximum absolute atomic E-state index is 2.31. The number of unbranched alkanes of at least 4 members (excludes halogenated alkanes) is 1. The van der Waals surface area contributed by atoms with Gasteiger partial charge in [0.05, 0.1) is 0 Å². The lowest BCUT2D eigenvalue weighted by atomic mass is 9.68. The van der Waals surface area contributed by atoms with Gasteiger partial charge in [0.25, 0.3) is 0 Å². The van der Waals surface area contributed by atoms with Crippen molar-refractivity contribution in [2.24, 2.45) is 0 Å². The topological polar surface area (TPSA) is 0 Å². The van der Waals surface area contributed by atoms with E-state index in [4.69, 9.17) is 0 Å². The Morgan fingerprint density at radius 1 is 1.67 bits per heavy atom. The molecule has 0 aromatic heterocycles. The van der Waals surface area contributed by atoms with Crippen LogP contribution in [0.2, 0.25) is 6.82 Å². The molecule has 0 aromatic rings. The highest BCUT2D eigenvalue weighted by Gasteiger charge is 2.19. The second-order valence-corrected chi connectivity index (χ2v) is 3.79. The maximum Gasteiger partial charge on any atom is 0.240 e. The quantitative estimate of drug-likeness (QED) is 0.543. The van der Waals surface area contributed by atoms with Gasteiger partial charge in [-0.3, -0.25) is 0 Å². The van der Waals surface area contributed by atoms with Crippen molar-refractivity contribution in [3.8, 4) is 0 Å². The lowest BCUT2D eigenvalue weighted by Crippen LogP contribution is -2.13. The van der Waals surface area contributed by atoms with Crippen LogP contribution >= 0.6 is 11.6 Å². The minimum atomic E-state index is 0.830. The average Bonchev–Trinajstić information content (AvgIpc) is 1.86. The Hall–Kier alpha value is 0.155. The Morgan fingerprint density at radius 2 is 2.44 bits per heavy atom. The van der Waals surface area contributed by atoms with Crippen molar-refractivity contribution >= 4 is 17.6 Å². The minimum absolute atomic E-state index is 0.830. The van der Waals surface area contributed by atoms with Crippen molar-refractivity contribution in [3.05, 3.63) is 10.9 Å². The first-order valence-corrected chi connectivity index (χ1v) is 4.63. The molecular weight excluding hydrogens is 127 g/mol. The third-order valence-electron chi connectivity index (χ3n) is 1.76. The van der Waals surface area contributed by atoms with E-state index in [-0.39, 0.29) is 0 Å². The molecule has 0 bridgehead atoms. The van der Waals surface area contributed by atoms with Gasteiger partial charge in [-0.15, -0.1) is 0 Å². The van der Waals surface area contributed by atoms with Crippen molar-refractivity contribution in [1.29, 1.82) is 0 Å². The molecule has 0 N–H and O–H groups in total. The smallest absolute Gasteiger partial charge is 0.179 e. The summed E-state index contributed by atoms with van der Waals surface area (Å²) in [7, 11) is 0. The first kappa shape index (κ1) is 7.26. The van der Waals surface area contributed by atoms with Crippen molar-refractivity contribution in [2.45, 2.75) is 33.0 Å². The second kappa shape index (κ2) is 3.36. The van der Waals surface area contributed by atoms with Crippen LogP contribution in [0.5, 0.6) is 0 Å². The van der Waals surface area contributed by atoms with Crippen LogP contribution in [0.3, 0.4) is 0 Å². The zero-order chi connectivity index (χ0) is 6.69. The zero-order valence-corrected chi connectivity index (χ0v) is 7.00. The van der Waals surface area contributed by atoms with E-state index in [1.807, 2.05) is 11.6 Å². The molecule has 0 unspecified atom stereocenters. The monoisotopic (exact) mass is 140 g/mol. The molecule has 0 spiro atoms. The molecule has 1 aliphatic rings. The highest BCUT2D eigenvalue weighted by atomic mass is 32.2. The molecule has 0 fully saturated rings. The van der Waals surface area contributed by atoms with E-state index >= 15 is 0 Å². The molecule has 1 aliphatic heterocycles. The molecule has 9 heavy (non-hydrogen) atoms. The van der Waals surface area contributed by atoms with Gasteiger partial charge in [-0.25, -0.2) is 0 Å². The number of rotatable bonds is 3. The molecule has 0 aliphatic carbocycles. The summed E-state index contributed by atoms with van der Waals surface area (Å²) in [6.45, 7) is 4.53. The predicted molar refractivity (Wildman–Crippen MR) is 46.8 cm³/mol. The Labute approximate surface area is 62.1 Å². The Morgan fingerprint density at radius 3 is 2.78 bits per heavy atom. The molecule has 0 nitrogen and oxygen atoms in total. The summed E-state index contributed by atoms with van der Waals surface area (Å²) in [6.07, 6.45) is 4.04. The SMILES string of the molecule is CCCCC1=CSB1C. The summed E-state index contributed by atoms with van der Waals surface area (Å²) in [5.74, 6) is 0.830. The fourth-order valence-electron chi connectivity index (χ4n) is 0.943. The van der Waals surface area contributed by atoms with Gasteiger partial charge in [0.15, 0.2) is 0 Å². The Balaban J connectivity index is 2.14.